The SMILES string of the molecule is Cc1cc(=O)c2c(C)ncnc2[nH]1. The van der Waals surface area contributed by atoms with Gasteiger partial charge in [0.05, 0.1) is 11.1 Å². The van der Waals surface area contributed by atoms with E-state index < -0.39 is 0 Å². The maximum Gasteiger partial charge on any atom is 0.193 e. The van der Waals surface area contributed by atoms with E-state index in [4.69, 9.17) is 0 Å². The van der Waals surface area contributed by atoms with E-state index in [1.165, 1.54) is 6.33 Å². The van der Waals surface area contributed by atoms with Gasteiger partial charge in [-0.2, -0.15) is 0 Å². The Bertz CT molecular complexity index is 516. The number of pyridine rings is 1. The number of hydrogen-bond acceptors (Lipinski definition) is 3. The number of aromatic nitrogens is 3. The van der Waals surface area contributed by atoms with Gasteiger partial charge < -0.3 is 4.98 Å². The Kier molecular flexibility index (Phi) is 1.62. The summed E-state index contributed by atoms with van der Waals surface area (Å²) in [6, 6.07) is 1.55. The lowest BCUT2D eigenvalue weighted by molar-refractivity contribution is 1.10. The minimum absolute atomic E-state index is 0.0237. The Morgan fingerprint density at radius 1 is 1.31 bits per heavy atom. The van der Waals surface area contributed by atoms with E-state index in [0.717, 1.165) is 5.69 Å². The van der Waals surface area contributed by atoms with Crippen LogP contribution in [0.1, 0.15) is 11.4 Å². The van der Waals surface area contributed by atoms with Crippen LogP contribution in [0.3, 0.4) is 0 Å². The fourth-order valence-electron chi connectivity index (χ4n) is 1.36. The van der Waals surface area contributed by atoms with Crippen molar-refractivity contribution in [2.75, 3.05) is 0 Å². The Morgan fingerprint density at radius 2 is 2.08 bits per heavy atom. The van der Waals surface area contributed by atoms with Crippen molar-refractivity contribution in [1.29, 1.82) is 0 Å². The lowest BCUT2D eigenvalue weighted by atomic mass is 10.2. The molecular formula is C9H9N3O. The number of nitrogens with one attached hydrogen (secondary N) is 1. The summed E-state index contributed by atoms with van der Waals surface area (Å²) in [5.74, 6) is 0. The summed E-state index contributed by atoms with van der Waals surface area (Å²) in [5.41, 5.74) is 2.11. The van der Waals surface area contributed by atoms with Gasteiger partial charge in [0.2, 0.25) is 0 Å². The summed E-state index contributed by atoms with van der Waals surface area (Å²) in [7, 11) is 0. The predicted molar refractivity (Wildman–Crippen MR) is 49.6 cm³/mol. The van der Waals surface area contributed by atoms with Crippen molar-refractivity contribution in [3.63, 3.8) is 0 Å². The molecule has 0 saturated heterocycles. The van der Waals surface area contributed by atoms with Crippen molar-refractivity contribution < 1.29 is 0 Å². The van der Waals surface area contributed by atoms with Crippen molar-refractivity contribution in [3.05, 3.63) is 34.0 Å². The highest BCUT2D eigenvalue weighted by Gasteiger charge is 2.03. The van der Waals surface area contributed by atoms with Crippen LogP contribution in [0.4, 0.5) is 0 Å². The Balaban J connectivity index is 3.03. The van der Waals surface area contributed by atoms with E-state index >= 15 is 0 Å². The molecule has 0 aliphatic heterocycles. The quantitative estimate of drug-likeness (QED) is 0.648. The van der Waals surface area contributed by atoms with Gasteiger partial charge in [-0.25, -0.2) is 9.97 Å². The fourth-order valence-corrected chi connectivity index (χ4v) is 1.36. The van der Waals surface area contributed by atoms with E-state index in [9.17, 15) is 4.79 Å². The largest absolute Gasteiger partial charge is 0.343 e. The maximum atomic E-state index is 11.5. The molecule has 0 fully saturated rings. The molecule has 0 atom stereocenters. The molecule has 2 aromatic rings. The molecule has 0 bridgehead atoms. The normalized spacial score (nSPS) is 10.6. The van der Waals surface area contributed by atoms with Gasteiger partial charge in [0.15, 0.2) is 5.43 Å². The number of H-pyrrole nitrogens is 1. The first-order chi connectivity index (χ1) is 6.18. The van der Waals surface area contributed by atoms with Crippen LogP contribution in [-0.2, 0) is 0 Å². The molecule has 0 radical (unpaired) electrons. The smallest absolute Gasteiger partial charge is 0.193 e. The highest BCUT2D eigenvalue weighted by molar-refractivity contribution is 5.76. The molecule has 4 nitrogen and oxygen atoms in total. The Hall–Kier alpha value is -1.71. The number of fused-ring (bicyclic) bond motifs is 1. The van der Waals surface area contributed by atoms with Crippen molar-refractivity contribution in [3.8, 4) is 0 Å². The molecule has 1 N–H and O–H groups in total. The van der Waals surface area contributed by atoms with Crippen LogP contribution < -0.4 is 5.43 Å². The Morgan fingerprint density at radius 3 is 2.85 bits per heavy atom. The van der Waals surface area contributed by atoms with Gasteiger partial charge in [-0.15, -0.1) is 0 Å². The molecule has 0 spiro atoms. The third kappa shape index (κ3) is 1.20. The second-order valence-corrected chi connectivity index (χ2v) is 3.00. The molecule has 2 rings (SSSR count). The lowest BCUT2D eigenvalue weighted by Gasteiger charge is -1.99. The van der Waals surface area contributed by atoms with E-state index in [0.29, 0.717) is 16.7 Å². The standard InChI is InChI=1S/C9H9N3O/c1-5-3-7(13)8-6(2)10-4-11-9(8)12-5/h3-4H,1-2H3,(H,10,11,12,13). The number of rotatable bonds is 0. The van der Waals surface area contributed by atoms with E-state index in [1.807, 2.05) is 6.92 Å². The summed E-state index contributed by atoms with van der Waals surface area (Å²) in [5, 5.41) is 0.577. The molecule has 0 unspecified atom stereocenters. The summed E-state index contributed by atoms with van der Waals surface area (Å²) in [6.45, 7) is 3.63. The first-order valence-corrected chi connectivity index (χ1v) is 4.00. The number of nitrogens with zero attached hydrogens (tertiary/aromatic N) is 2. The molecule has 66 valence electrons. The Labute approximate surface area is 74.7 Å². The number of aromatic amines is 1. The van der Waals surface area contributed by atoms with Crippen molar-refractivity contribution in [2.45, 2.75) is 13.8 Å². The van der Waals surface area contributed by atoms with Crippen molar-refractivity contribution in [2.24, 2.45) is 0 Å². The number of hydrogen-bond donors (Lipinski definition) is 1. The maximum absolute atomic E-state index is 11.5. The minimum atomic E-state index is -0.0237. The van der Waals surface area contributed by atoms with Gasteiger partial charge in [0.25, 0.3) is 0 Å². The molecule has 2 aromatic heterocycles. The fraction of sp³-hybridized carbons (Fsp3) is 0.222. The summed E-state index contributed by atoms with van der Waals surface area (Å²) in [6.07, 6.45) is 1.45. The van der Waals surface area contributed by atoms with Gasteiger partial charge in [-0.3, -0.25) is 4.79 Å². The van der Waals surface area contributed by atoms with Crippen LogP contribution in [0.25, 0.3) is 11.0 Å². The zero-order valence-electron chi connectivity index (χ0n) is 7.46. The van der Waals surface area contributed by atoms with Gasteiger partial charge in [-0.1, -0.05) is 0 Å². The molecule has 13 heavy (non-hydrogen) atoms. The third-order valence-electron chi connectivity index (χ3n) is 1.95. The molecule has 0 amide bonds. The zero-order valence-corrected chi connectivity index (χ0v) is 7.46. The molecule has 0 aliphatic carbocycles. The molecule has 0 aromatic carbocycles. The van der Waals surface area contributed by atoms with Gasteiger partial charge in [0.1, 0.15) is 12.0 Å². The van der Waals surface area contributed by atoms with E-state index in [2.05, 4.69) is 15.0 Å². The third-order valence-corrected chi connectivity index (χ3v) is 1.95. The molecule has 2 heterocycles. The van der Waals surface area contributed by atoms with Crippen molar-refractivity contribution >= 4 is 11.0 Å². The molecular weight excluding hydrogens is 166 g/mol. The first kappa shape index (κ1) is 7.91. The molecule has 0 saturated carbocycles. The van der Waals surface area contributed by atoms with Gasteiger partial charge >= 0.3 is 0 Å². The second-order valence-electron chi connectivity index (χ2n) is 3.00. The van der Waals surface area contributed by atoms with Crippen LogP contribution in [0.2, 0.25) is 0 Å². The van der Waals surface area contributed by atoms with Crippen LogP contribution in [0.15, 0.2) is 17.2 Å². The monoisotopic (exact) mass is 175 g/mol. The highest BCUT2D eigenvalue weighted by Crippen LogP contribution is 2.06. The highest BCUT2D eigenvalue weighted by atomic mass is 16.1. The van der Waals surface area contributed by atoms with Crippen molar-refractivity contribution in [1.82, 2.24) is 15.0 Å². The van der Waals surface area contributed by atoms with E-state index in [1.54, 1.807) is 13.0 Å². The minimum Gasteiger partial charge on any atom is -0.343 e. The molecule has 0 aliphatic rings. The van der Waals surface area contributed by atoms with Crippen LogP contribution in [-0.4, -0.2) is 15.0 Å². The topological polar surface area (TPSA) is 58.6 Å². The molecule has 4 heteroatoms. The van der Waals surface area contributed by atoms with E-state index in [-0.39, 0.29) is 5.43 Å². The second kappa shape index (κ2) is 2.65. The van der Waals surface area contributed by atoms with Crippen LogP contribution >= 0.6 is 0 Å². The van der Waals surface area contributed by atoms with Crippen LogP contribution in [0, 0.1) is 13.8 Å². The predicted octanol–water partition coefficient (Wildman–Crippen LogP) is 0.935. The average molecular weight is 175 g/mol. The first-order valence-electron chi connectivity index (χ1n) is 4.00. The van der Waals surface area contributed by atoms with Gasteiger partial charge in [0, 0.05) is 11.8 Å². The lowest BCUT2D eigenvalue weighted by Crippen LogP contribution is -2.06. The summed E-state index contributed by atoms with van der Waals surface area (Å²) in [4.78, 5) is 22.5. The van der Waals surface area contributed by atoms with Gasteiger partial charge in [-0.05, 0) is 13.8 Å². The summed E-state index contributed by atoms with van der Waals surface area (Å²) >= 11 is 0. The number of aryl methyl sites for hydroxylation is 2. The van der Waals surface area contributed by atoms with Crippen LogP contribution in [0.5, 0.6) is 0 Å². The summed E-state index contributed by atoms with van der Waals surface area (Å²) < 4.78 is 0. The zero-order chi connectivity index (χ0) is 9.42. The average Bonchev–Trinajstić information content (AvgIpc) is 2.02.